The lowest BCUT2D eigenvalue weighted by atomic mass is 10.2. The molecule has 0 radical (unpaired) electrons. The first-order valence-corrected chi connectivity index (χ1v) is 5.40. The number of benzene rings is 1. The fourth-order valence-electron chi connectivity index (χ4n) is 1.19. The molecule has 82 valence electrons. The van der Waals surface area contributed by atoms with E-state index in [1.54, 1.807) is 16.8 Å². The molecular weight excluding hydrogens is 232 g/mol. The van der Waals surface area contributed by atoms with Crippen LogP contribution in [0.5, 0.6) is 0 Å². The first kappa shape index (κ1) is 10.8. The molecule has 0 saturated heterocycles. The molecule has 2 rings (SSSR count). The van der Waals surface area contributed by atoms with Gasteiger partial charge in [-0.3, -0.25) is 4.79 Å². The highest BCUT2D eigenvalue weighted by atomic mass is 32.1. The fraction of sp³-hybridized carbons (Fsp3) is 0. The van der Waals surface area contributed by atoms with Gasteiger partial charge in [-0.25, -0.2) is 8.78 Å². The van der Waals surface area contributed by atoms with Gasteiger partial charge in [0.25, 0.3) is 5.91 Å². The molecule has 0 aliphatic carbocycles. The molecule has 5 heteroatoms. The summed E-state index contributed by atoms with van der Waals surface area (Å²) in [6.45, 7) is 0. The summed E-state index contributed by atoms with van der Waals surface area (Å²) >= 11 is 1.36. The van der Waals surface area contributed by atoms with Crippen LogP contribution < -0.4 is 5.32 Å². The quantitative estimate of drug-likeness (QED) is 0.856. The zero-order chi connectivity index (χ0) is 11.5. The topological polar surface area (TPSA) is 29.1 Å². The normalized spacial score (nSPS) is 10.1. The van der Waals surface area contributed by atoms with E-state index >= 15 is 0 Å². The monoisotopic (exact) mass is 239 g/mol. The van der Waals surface area contributed by atoms with Crippen molar-refractivity contribution in [3.05, 3.63) is 52.2 Å². The minimum absolute atomic E-state index is 0.156. The average Bonchev–Trinajstić information content (AvgIpc) is 2.78. The maximum atomic E-state index is 13.2. The maximum Gasteiger partial charge on any atom is 0.256 e. The Kier molecular flexibility index (Phi) is 2.96. The van der Waals surface area contributed by atoms with Crippen LogP contribution in [-0.4, -0.2) is 5.91 Å². The maximum absolute atomic E-state index is 13.2. The average molecular weight is 239 g/mol. The first-order chi connectivity index (χ1) is 7.68. The van der Waals surface area contributed by atoms with Gasteiger partial charge in [0.1, 0.15) is 0 Å². The van der Waals surface area contributed by atoms with Gasteiger partial charge in [-0.1, -0.05) is 6.07 Å². The number of thiophene rings is 1. The minimum Gasteiger partial charge on any atom is -0.319 e. The van der Waals surface area contributed by atoms with Gasteiger partial charge in [-0.05, 0) is 23.6 Å². The molecule has 1 aromatic carbocycles. The van der Waals surface area contributed by atoms with Crippen LogP contribution in [0.1, 0.15) is 10.4 Å². The SMILES string of the molecule is O=C(Nc1cccc(F)c1F)c1ccsc1. The molecule has 0 atom stereocenters. The number of carbonyl (C=O) groups is 1. The second kappa shape index (κ2) is 4.40. The lowest BCUT2D eigenvalue weighted by Crippen LogP contribution is -2.12. The molecule has 0 fully saturated rings. The van der Waals surface area contributed by atoms with Gasteiger partial charge in [-0.15, -0.1) is 0 Å². The second-order valence-corrected chi connectivity index (χ2v) is 3.85. The standard InChI is InChI=1S/C11H7F2NOS/c12-8-2-1-3-9(10(8)13)14-11(15)7-4-5-16-6-7/h1-6H,(H,14,15). The Morgan fingerprint density at radius 3 is 2.75 bits per heavy atom. The molecule has 0 spiro atoms. The van der Waals surface area contributed by atoms with E-state index in [0.717, 1.165) is 6.07 Å². The van der Waals surface area contributed by atoms with Crippen molar-refractivity contribution in [2.75, 3.05) is 5.32 Å². The van der Waals surface area contributed by atoms with Gasteiger partial charge in [-0.2, -0.15) is 11.3 Å². The number of halogens is 2. The van der Waals surface area contributed by atoms with Crippen LogP contribution in [0.25, 0.3) is 0 Å². The third-order valence-corrected chi connectivity index (χ3v) is 2.67. The lowest BCUT2D eigenvalue weighted by Gasteiger charge is -2.05. The molecule has 0 bridgehead atoms. The molecule has 1 heterocycles. The van der Waals surface area contributed by atoms with Crippen molar-refractivity contribution >= 4 is 22.9 Å². The van der Waals surface area contributed by atoms with E-state index in [1.165, 1.54) is 23.5 Å². The number of hydrogen-bond donors (Lipinski definition) is 1. The lowest BCUT2D eigenvalue weighted by molar-refractivity contribution is 0.102. The molecule has 2 nitrogen and oxygen atoms in total. The zero-order valence-corrected chi connectivity index (χ0v) is 8.85. The molecule has 1 aromatic heterocycles. The Hall–Kier alpha value is -1.75. The minimum atomic E-state index is -1.05. The third-order valence-electron chi connectivity index (χ3n) is 1.98. The largest absolute Gasteiger partial charge is 0.319 e. The molecule has 0 saturated carbocycles. The van der Waals surface area contributed by atoms with Gasteiger partial charge in [0, 0.05) is 5.38 Å². The summed E-state index contributed by atoms with van der Waals surface area (Å²) in [7, 11) is 0. The van der Waals surface area contributed by atoms with Crippen molar-refractivity contribution in [1.82, 2.24) is 0 Å². The van der Waals surface area contributed by atoms with Crippen molar-refractivity contribution in [2.45, 2.75) is 0 Å². The number of hydrogen-bond acceptors (Lipinski definition) is 2. The van der Waals surface area contributed by atoms with E-state index in [9.17, 15) is 13.6 Å². The molecular formula is C11H7F2NOS. The van der Waals surface area contributed by atoms with Crippen LogP contribution in [-0.2, 0) is 0 Å². The van der Waals surface area contributed by atoms with E-state index in [4.69, 9.17) is 0 Å². The predicted octanol–water partition coefficient (Wildman–Crippen LogP) is 3.28. The van der Waals surface area contributed by atoms with Crippen LogP contribution in [0, 0.1) is 11.6 Å². The van der Waals surface area contributed by atoms with Crippen LogP contribution in [0.4, 0.5) is 14.5 Å². The molecule has 1 amide bonds. The summed E-state index contributed by atoms with van der Waals surface area (Å²) in [5.74, 6) is -2.49. The van der Waals surface area contributed by atoms with Crippen LogP contribution in [0.15, 0.2) is 35.0 Å². The van der Waals surface area contributed by atoms with Crippen LogP contribution in [0.2, 0.25) is 0 Å². The first-order valence-electron chi connectivity index (χ1n) is 4.46. The van der Waals surface area contributed by atoms with Gasteiger partial charge in [0.05, 0.1) is 11.3 Å². The molecule has 1 N–H and O–H groups in total. The Morgan fingerprint density at radius 2 is 2.06 bits per heavy atom. The Bertz CT molecular complexity index is 511. The summed E-state index contributed by atoms with van der Waals surface area (Å²) in [4.78, 5) is 11.5. The van der Waals surface area contributed by atoms with Crippen molar-refractivity contribution in [3.63, 3.8) is 0 Å². The fourth-order valence-corrected chi connectivity index (χ4v) is 1.82. The predicted molar refractivity (Wildman–Crippen MR) is 58.6 cm³/mol. The van der Waals surface area contributed by atoms with E-state index < -0.39 is 17.5 Å². The Morgan fingerprint density at radius 1 is 1.25 bits per heavy atom. The number of anilines is 1. The number of nitrogens with one attached hydrogen (secondary N) is 1. The second-order valence-electron chi connectivity index (χ2n) is 3.07. The summed E-state index contributed by atoms with van der Waals surface area (Å²) in [5.41, 5.74) is 0.268. The Balaban J connectivity index is 2.22. The van der Waals surface area contributed by atoms with Gasteiger partial charge in [0.2, 0.25) is 0 Å². The highest BCUT2D eigenvalue weighted by Gasteiger charge is 2.11. The van der Waals surface area contributed by atoms with E-state index in [-0.39, 0.29) is 5.69 Å². The van der Waals surface area contributed by atoms with Crippen molar-refractivity contribution < 1.29 is 13.6 Å². The van der Waals surface area contributed by atoms with Gasteiger partial charge < -0.3 is 5.32 Å². The molecule has 16 heavy (non-hydrogen) atoms. The van der Waals surface area contributed by atoms with Crippen molar-refractivity contribution in [3.8, 4) is 0 Å². The Labute approximate surface area is 94.5 Å². The number of amides is 1. The molecule has 0 unspecified atom stereocenters. The zero-order valence-electron chi connectivity index (χ0n) is 8.04. The van der Waals surface area contributed by atoms with Gasteiger partial charge in [0.15, 0.2) is 11.6 Å². The number of rotatable bonds is 2. The van der Waals surface area contributed by atoms with Crippen LogP contribution in [0.3, 0.4) is 0 Å². The highest BCUT2D eigenvalue weighted by molar-refractivity contribution is 7.08. The molecule has 2 aromatic rings. The van der Waals surface area contributed by atoms with Gasteiger partial charge >= 0.3 is 0 Å². The van der Waals surface area contributed by atoms with E-state index in [0.29, 0.717) is 5.56 Å². The third kappa shape index (κ3) is 2.09. The van der Waals surface area contributed by atoms with E-state index in [1.807, 2.05) is 0 Å². The van der Waals surface area contributed by atoms with E-state index in [2.05, 4.69) is 5.32 Å². The summed E-state index contributed by atoms with van der Waals surface area (Å²) in [6, 6.07) is 5.25. The molecule has 0 aliphatic rings. The summed E-state index contributed by atoms with van der Waals surface area (Å²) in [6.07, 6.45) is 0. The molecule has 0 aliphatic heterocycles. The number of carbonyl (C=O) groups excluding carboxylic acids is 1. The summed E-state index contributed by atoms with van der Waals surface area (Å²) in [5, 5.41) is 5.67. The summed E-state index contributed by atoms with van der Waals surface area (Å²) < 4.78 is 26.1. The van der Waals surface area contributed by atoms with Crippen molar-refractivity contribution in [2.24, 2.45) is 0 Å². The smallest absolute Gasteiger partial charge is 0.256 e. The van der Waals surface area contributed by atoms with Crippen molar-refractivity contribution in [1.29, 1.82) is 0 Å². The van der Waals surface area contributed by atoms with Crippen LogP contribution >= 0.6 is 11.3 Å². The highest BCUT2D eigenvalue weighted by Crippen LogP contribution is 2.18.